The van der Waals surface area contributed by atoms with Crippen LogP contribution >= 0.6 is 0 Å². The maximum absolute atomic E-state index is 12.2. The van der Waals surface area contributed by atoms with Gasteiger partial charge in [-0.2, -0.15) is 0 Å². The number of likely N-dealkylation sites (tertiary alicyclic amines) is 1. The molecule has 1 aliphatic carbocycles. The minimum Gasteiger partial charge on any atom is -0.355 e. The number of rotatable bonds is 4. The number of amides is 1. The number of carbonyl (C=O) groups excluding carboxylic acids is 1. The molecule has 0 aromatic rings. The van der Waals surface area contributed by atoms with Crippen LogP contribution in [0.25, 0.3) is 0 Å². The van der Waals surface area contributed by atoms with Crippen molar-refractivity contribution in [3.8, 4) is 0 Å². The first-order valence-corrected chi connectivity index (χ1v) is 8.33. The van der Waals surface area contributed by atoms with Gasteiger partial charge in [-0.1, -0.05) is 20.8 Å². The molecule has 2 rings (SSSR count). The fraction of sp³-hybridized carbons (Fsp3) is 0.941. The van der Waals surface area contributed by atoms with Crippen LogP contribution in [0, 0.1) is 17.3 Å². The van der Waals surface area contributed by atoms with Gasteiger partial charge in [0, 0.05) is 19.0 Å². The lowest BCUT2D eigenvalue weighted by atomic mass is 9.67. The van der Waals surface area contributed by atoms with Gasteiger partial charge >= 0.3 is 0 Å². The normalized spacial score (nSPS) is 34.1. The minimum atomic E-state index is 0.264. The predicted molar refractivity (Wildman–Crippen MR) is 83.6 cm³/mol. The van der Waals surface area contributed by atoms with Gasteiger partial charge < -0.3 is 10.2 Å². The Morgan fingerprint density at radius 3 is 2.70 bits per heavy atom. The number of hydrogen-bond acceptors (Lipinski definition) is 2. The standard InChI is InChI=1S/C17H32N2O/c1-13-8-14(11-17(2,3)10-13)9-16(20)18-12-15-6-5-7-19(15)4/h13-15H,5-12H2,1-4H3,(H,18,20)/t13-,14-,15-/m1/s1. The molecule has 1 saturated heterocycles. The summed E-state index contributed by atoms with van der Waals surface area (Å²) in [6, 6.07) is 0.556. The summed E-state index contributed by atoms with van der Waals surface area (Å²) < 4.78 is 0. The van der Waals surface area contributed by atoms with Crippen LogP contribution in [-0.2, 0) is 4.79 Å². The molecule has 0 radical (unpaired) electrons. The molecule has 0 unspecified atom stereocenters. The molecular formula is C17H32N2O. The van der Waals surface area contributed by atoms with Crippen molar-refractivity contribution in [1.82, 2.24) is 10.2 Å². The first kappa shape index (κ1) is 15.8. The molecule has 1 N–H and O–H groups in total. The number of nitrogens with zero attached hydrogens (tertiary/aromatic N) is 1. The zero-order chi connectivity index (χ0) is 14.8. The van der Waals surface area contributed by atoms with Gasteiger partial charge in [0.2, 0.25) is 5.91 Å². The van der Waals surface area contributed by atoms with Gasteiger partial charge in [-0.15, -0.1) is 0 Å². The molecule has 1 amide bonds. The summed E-state index contributed by atoms with van der Waals surface area (Å²) in [5.41, 5.74) is 0.411. The highest BCUT2D eigenvalue weighted by Gasteiger charge is 2.33. The Bertz CT molecular complexity index is 340. The van der Waals surface area contributed by atoms with Crippen molar-refractivity contribution in [3.05, 3.63) is 0 Å². The van der Waals surface area contributed by atoms with Crippen molar-refractivity contribution >= 4 is 5.91 Å². The molecule has 1 saturated carbocycles. The zero-order valence-corrected chi connectivity index (χ0v) is 13.7. The molecule has 1 aliphatic heterocycles. The van der Waals surface area contributed by atoms with Crippen LogP contribution < -0.4 is 5.32 Å². The molecule has 0 aromatic carbocycles. The molecular weight excluding hydrogens is 248 g/mol. The van der Waals surface area contributed by atoms with Gasteiger partial charge in [0.15, 0.2) is 0 Å². The molecule has 0 spiro atoms. The van der Waals surface area contributed by atoms with Crippen molar-refractivity contribution in [2.75, 3.05) is 20.1 Å². The lowest BCUT2D eigenvalue weighted by molar-refractivity contribution is -0.122. The van der Waals surface area contributed by atoms with E-state index < -0.39 is 0 Å². The largest absolute Gasteiger partial charge is 0.355 e. The van der Waals surface area contributed by atoms with E-state index in [4.69, 9.17) is 0 Å². The van der Waals surface area contributed by atoms with Gasteiger partial charge in [-0.05, 0) is 62.9 Å². The maximum Gasteiger partial charge on any atom is 0.220 e. The first-order chi connectivity index (χ1) is 9.35. The van der Waals surface area contributed by atoms with Gasteiger partial charge in [-0.3, -0.25) is 4.79 Å². The quantitative estimate of drug-likeness (QED) is 0.858. The van der Waals surface area contributed by atoms with E-state index in [2.05, 4.69) is 38.0 Å². The second-order valence-electron chi connectivity index (χ2n) is 8.06. The van der Waals surface area contributed by atoms with Gasteiger partial charge in [0.1, 0.15) is 0 Å². The van der Waals surface area contributed by atoms with E-state index in [9.17, 15) is 4.79 Å². The topological polar surface area (TPSA) is 32.3 Å². The smallest absolute Gasteiger partial charge is 0.220 e. The highest BCUT2D eigenvalue weighted by Crippen LogP contribution is 2.42. The van der Waals surface area contributed by atoms with Crippen LogP contribution in [0.2, 0.25) is 0 Å². The van der Waals surface area contributed by atoms with Crippen LogP contribution in [-0.4, -0.2) is 37.0 Å². The summed E-state index contributed by atoms with van der Waals surface area (Å²) in [5.74, 6) is 1.60. The molecule has 20 heavy (non-hydrogen) atoms. The predicted octanol–water partition coefficient (Wildman–Crippen LogP) is 3.05. The third-order valence-corrected chi connectivity index (χ3v) is 5.16. The molecule has 0 bridgehead atoms. The Balaban J connectivity index is 1.73. The molecule has 1 heterocycles. The first-order valence-electron chi connectivity index (χ1n) is 8.33. The molecule has 116 valence electrons. The lowest BCUT2D eigenvalue weighted by Crippen LogP contribution is -2.39. The SMILES string of the molecule is C[C@@H]1C[C@H](CC(=O)NC[C@H]2CCCN2C)CC(C)(C)C1. The third-order valence-electron chi connectivity index (χ3n) is 5.16. The molecule has 2 aliphatic rings. The Morgan fingerprint density at radius 2 is 2.10 bits per heavy atom. The van der Waals surface area contributed by atoms with Crippen LogP contribution in [0.1, 0.15) is 59.3 Å². The van der Waals surface area contributed by atoms with Crippen molar-refractivity contribution < 1.29 is 4.79 Å². The van der Waals surface area contributed by atoms with Gasteiger partial charge in [0.25, 0.3) is 0 Å². The average Bonchev–Trinajstić information content (AvgIpc) is 2.69. The number of carbonyl (C=O) groups is 1. The molecule has 3 heteroatoms. The van der Waals surface area contributed by atoms with Crippen LogP contribution in [0.5, 0.6) is 0 Å². The summed E-state index contributed by atoms with van der Waals surface area (Å²) >= 11 is 0. The van der Waals surface area contributed by atoms with Gasteiger partial charge in [0.05, 0.1) is 0 Å². The summed E-state index contributed by atoms with van der Waals surface area (Å²) in [4.78, 5) is 14.5. The number of hydrogen-bond donors (Lipinski definition) is 1. The fourth-order valence-electron chi connectivity index (χ4n) is 4.50. The molecule has 2 fully saturated rings. The number of nitrogens with one attached hydrogen (secondary N) is 1. The number of likely N-dealkylation sites (N-methyl/N-ethyl adjacent to an activating group) is 1. The van der Waals surface area contributed by atoms with Crippen LogP contribution in [0.15, 0.2) is 0 Å². The highest BCUT2D eigenvalue weighted by atomic mass is 16.1. The molecule has 0 aromatic heterocycles. The Morgan fingerprint density at radius 1 is 1.35 bits per heavy atom. The van der Waals surface area contributed by atoms with E-state index in [1.165, 1.54) is 38.6 Å². The summed E-state index contributed by atoms with van der Waals surface area (Å²) in [7, 11) is 2.16. The zero-order valence-electron chi connectivity index (χ0n) is 13.7. The van der Waals surface area contributed by atoms with E-state index in [0.29, 0.717) is 17.4 Å². The molecule has 3 atom stereocenters. The summed E-state index contributed by atoms with van der Waals surface area (Å²) in [5, 5.41) is 3.16. The van der Waals surface area contributed by atoms with E-state index in [0.717, 1.165) is 18.9 Å². The fourth-order valence-corrected chi connectivity index (χ4v) is 4.50. The Labute approximate surface area is 124 Å². The monoisotopic (exact) mass is 280 g/mol. The van der Waals surface area contributed by atoms with Gasteiger partial charge in [-0.25, -0.2) is 0 Å². The van der Waals surface area contributed by atoms with Crippen molar-refractivity contribution in [3.63, 3.8) is 0 Å². The highest BCUT2D eigenvalue weighted by molar-refractivity contribution is 5.76. The lowest BCUT2D eigenvalue weighted by Gasteiger charge is -2.38. The van der Waals surface area contributed by atoms with E-state index >= 15 is 0 Å². The van der Waals surface area contributed by atoms with E-state index in [1.807, 2.05) is 0 Å². The van der Waals surface area contributed by atoms with Crippen molar-refractivity contribution in [2.24, 2.45) is 17.3 Å². The van der Waals surface area contributed by atoms with Crippen LogP contribution in [0.3, 0.4) is 0 Å². The Hall–Kier alpha value is -0.570. The minimum absolute atomic E-state index is 0.264. The van der Waals surface area contributed by atoms with Crippen molar-refractivity contribution in [1.29, 1.82) is 0 Å². The van der Waals surface area contributed by atoms with Crippen molar-refractivity contribution in [2.45, 2.75) is 65.3 Å². The second-order valence-corrected chi connectivity index (χ2v) is 8.06. The van der Waals surface area contributed by atoms with Crippen LogP contribution in [0.4, 0.5) is 0 Å². The summed E-state index contributed by atoms with van der Waals surface area (Å²) in [6.45, 7) is 9.04. The second kappa shape index (κ2) is 6.46. The Kier molecular flexibility index (Phi) is 5.11. The summed E-state index contributed by atoms with van der Waals surface area (Å²) in [6.07, 6.45) is 6.95. The average molecular weight is 280 g/mol. The van der Waals surface area contributed by atoms with E-state index in [-0.39, 0.29) is 5.91 Å². The van der Waals surface area contributed by atoms with E-state index in [1.54, 1.807) is 0 Å². The third kappa shape index (κ3) is 4.47. The maximum atomic E-state index is 12.2. The molecule has 3 nitrogen and oxygen atoms in total.